The van der Waals surface area contributed by atoms with Crippen LogP contribution >= 0.6 is 11.3 Å². The number of fused-ring (bicyclic) bond motifs is 1. The topological polar surface area (TPSA) is 68.2 Å². The van der Waals surface area contributed by atoms with E-state index in [1.54, 1.807) is 6.26 Å². The first-order chi connectivity index (χ1) is 11.7. The van der Waals surface area contributed by atoms with Crippen molar-refractivity contribution in [3.63, 3.8) is 0 Å². The summed E-state index contributed by atoms with van der Waals surface area (Å²) in [5, 5.41) is 5.24. The zero-order valence-corrected chi connectivity index (χ0v) is 14.7. The molecule has 0 radical (unpaired) electrons. The zero-order valence-electron chi connectivity index (χ0n) is 13.9. The van der Waals surface area contributed by atoms with Crippen molar-refractivity contribution in [2.75, 3.05) is 7.05 Å². The second-order valence-electron chi connectivity index (χ2n) is 6.08. The van der Waals surface area contributed by atoms with Crippen LogP contribution in [-0.2, 0) is 19.4 Å². The molecule has 3 aromatic heterocycles. The SMILES string of the molecule is CCc1nc2c(s1)[C@@H](N(C)Cc1nc(-c3ccco3)no1)CCC2. The van der Waals surface area contributed by atoms with Crippen molar-refractivity contribution in [3.05, 3.63) is 39.9 Å². The van der Waals surface area contributed by atoms with E-state index in [0.29, 0.717) is 30.1 Å². The monoisotopic (exact) mass is 344 g/mol. The van der Waals surface area contributed by atoms with E-state index in [1.165, 1.54) is 22.0 Å². The number of hydrogen-bond acceptors (Lipinski definition) is 7. The molecular formula is C17H20N4O2S. The first-order valence-electron chi connectivity index (χ1n) is 8.29. The molecule has 0 saturated carbocycles. The van der Waals surface area contributed by atoms with Crippen molar-refractivity contribution < 1.29 is 8.94 Å². The van der Waals surface area contributed by atoms with E-state index in [-0.39, 0.29) is 0 Å². The summed E-state index contributed by atoms with van der Waals surface area (Å²) in [4.78, 5) is 12.9. The molecule has 126 valence electrons. The average Bonchev–Trinajstić information content (AvgIpc) is 3.33. The fraction of sp³-hybridized carbons (Fsp3) is 0.471. The molecule has 1 aliphatic rings. The van der Waals surface area contributed by atoms with Crippen LogP contribution in [0.3, 0.4) is 0 Å². The summed E-state index contributed by atoms with van der Waals surface area (Å²) >= 11 is 1.85. The molecule has 4 rings (SSSR count). The summed E-state index contributed by atoms with van der Waals surface area (Å²) in [6.07, 6.45) is 6.03. The fourth-order valence-corrected chi connectivity index (χ4v) is 4.42. The van der Waals surface area contributed by atoms with E-state index < -0.39 is 0 Å². The zero-order chi connectivity index (χ0) is 16.5. The molecule has 0 N–H and O–H groups in total. The maximum absolute atomic E-state index is 5.39. The molecule has 3 aromatic rings. The van der Waals surface area contributed by atoms with E-state index in [1.807, 2.05) is 23.5 Å². The van der Waals surface area contributed by atoms with Gasteiger partial charge in [-0.2, -0.15) is 4.98 Å². The lowest BCUT2D eigenvalue weighted by molar-refractivity contribution is 0.189. The maximum Gasteiger partial charge on any atom is 0.241 e. The summed E-state index contributed by atoms with van der Waals surface area (Å²) in [6, 6.07) is 4.02. The van der Waals surface area contributed by atoms with Gasteiger partial charge in [-0.1, -0.05) is 12.1 Å². The van der Waals surface area contributed by atoms with Crippen LogP contribution in [0.25, 0.3) is 11.6 Å². The predicted molar refractivity (Wildman–Crippen MR) is 90.6 cm³/mol. The highest BCUT2D eigenvalue weighted by atomic mass is 32.1. The highest BCUT2D eigenvalue weighted by Gasteiger charge is 2.28. The van der Waals surface area contributed by atoms with Gasteiger partial charge in [0.25, 0.3) is 0 Å². The average molecular weight is 344 g/mol. The molecule has 0 amide bonds. The predicted octanol–water partition coefficient (Wildman–Crippen LogP) is 3.86. The van der Waals surface area contributed by atoms with E-state index >= 15 is 0 Å². The lowest BCUT2D eigenvalue weighted by atomic mass is 9.97. The van der Waals surface area contributed by atoms with Gasteiger partial charge in [0.2, 0.25) is 11.7 Å². The van der Waals surface area contributed by atoms with Crippen molar-refractivity contribution in [1.82, 2.24) is 20.0 Å². The van der Waals surface area contributed by atoms with Crippen molar-refractivity contribution in [3.8, 4) is 11.6 Å². The van der Waals surface area contributed by atoms with E-state index in [0.717, 1.165) is 19.3 Å². The third-order valence-electron chi connectivity index (χ3n) is 4.39. The Bertz CT molecular complexity index is 809. The molecule has 0 saturated heterocycles. The molecule has 24 heavy (non-hydrogen) atoms. The van der Waals surface area contributed by atoms with Crippen molar-refractivity contribution in [2.45, 2.75) is 45.2 Å². The largest absolute Gasteiger partial charge is 0.461 e. The van der Waals surface area contributed by atoms with Crippen LogP contribution in [0.15, 0.2) is 27.3 Å². The Morgan fingerprint density at radius 2 is 2.29 bits per heavy atom. The Balaban J connectivity index is 1.51. The van der Waals surface area contributed by atoms with Crippen molar-refractivity contribution >= 4 is 11.3 Å². The molecule has 0 spiro atoms. The standard InChI is InChI=1S/C17H20N4O2S/c1-3-15-18-11-6-4-7-12(16(11)24-15)21(2)10-14-19-17(20-23-14)13-8-5-9-22-13/h5,8-9,12H,3-4,6-7,10H2,1-2H3/t12-/m0/s1. The van der Waals surface area contributed by atoms with Crippen molar-refractivity contribution in [2.24, 2.45) is 0 Å². The van der Waals surface area contributed by atoms with Crippen LogP contribution in [-0.4, -0.2) is 27.1 Å². The molecule has 0 aromatic carbocycles. The van der Waals surface area contributed by atoms with Gasteiger partial charge in [0.1, 0.15) is 0 Å². The van der Waals surface area contributed by atoms with Crippen LogP contribution < -0.4 is 0 Å². The number of thiazole rings is 1. The normalized spacial score (nSPS) is 17.4. The molecule has 0 fully saturated rings. The lowest BCUT2D eigenvalue weighted by Crippen LogP contribution is -2.26. The minimum Gasteiger partial charge on any atom is -0.461 e. The third-order valence-corrected chi connectivity index (χ3v) is 5.74. The Morgan fingerprint density at radius 3 is 3.08 bits per heavy atom. The molecule has 1 aliphatic carbocycles. The quantitative estimate of drug-likeness (QED) is 0.700. The molecule has 0 unspecified atom stereocenters. The molecular weight excluding hydrogens is 324 g/mol. The van der Waals surface area contributed by atoms with Crippen LogP contribution in [0.5, 0.6) is 0 Å². The molecule has 0 bridgehead atoms. The van der Waals surface area contributed by atoms with Crippen molar-refractivity contribution in [1.29, 1.82) is 0 Å². The van der Waals surface area contributed by atoms with Gasteiger partial charge in [0.05, 0.1) is 23.5 Å². The van der Waals surface area contributed by atoms with Gasteiger partial charge in [0.15, 0.2) is 5.76 Å². The van der Waals surface area contributed by atoms with Gasteiger partial charge in [-0.05, 0) is 44.9 Å². The van der Waals surface area contributed by atoms with Gasteiger partial charge in [-0.25, -0.2) is 4.98 Å². The number of aryl methyl sites for hydroxylation is 2. The number of aromatic nitrogens is 3. The molecule has 3 heterocycles. The van der Waals surface area contributed by atoms with E-state index in [4.69, 9.17) is 13.9 Å². The third kappa shape index (κ3) is 2.89. The minimum absolute atomic E-state index is 0.380. The van der Waals surface area contributed by atoms with Crippen LogP contribution in [0.1, 0.15) is 47.3 Å². The summed E-state index contributed by atoms with van der Waals surface area (Å²) in [7, 11) is 2.11. The molecule has 7 heteroatoms. The Kier molecular flexibility index (Phi) is 4.20. The van der Waals surface area contributed by atoms with Gasteiger partial charge in [-0.15, -0.1) is 11.3 Å². The Labute approximate surface area is 144 Å². The summed E-state index contributed by atoms with van der Waals surface area (Å²) in [5.41, 5.74) is 1.28. The molecule has 0 aliphatic heterocycles. The summed E-state index contributed by atoms with van der Waals surface area (Å²) in [5.74, 6) is 1.73. The van der Waals surface area contributed by atoms with Gasteiger partial charge in [-0.3, -0.25) is 4.90 Å². The summed E-state index contributed by atoms with van der Waals surface area (Å²) < 4.78 is 10.7. The second-order valence-corrected chi connectivity index (χ2v) is 7.20. The minimum atomic E-state index is 0.380. The Morgan fingerprint density at radius 1 is 1.38 bits per heavy atom. The fourth-order valence-electron chi connectivity index (χ4n) is 3.17. The Hall–Kier alpha value is -1.99. The van der Waals surface area contributed by atoms with E-state index in [9.17, 15) is 0 Å². The number of nitrogens with zero attached hydrogens (tertiary/aromatic N) is 4. The maximum atomic E-state index is 5.39. The summed E-state index contributed by atoms with van der Waals surface area (Å²) in [6.45, 7) is 2.79. The lowest BCUT2D eigenvalue weighted by Gasteiger charge is -2.29. The highest BCUT2D eigenvalue weighted by Crippen LogP contribution is 2.38. The van der Waals surface area contributed by atoms with Crippen LogP contribution in [0.2, 0.25) is 0 Å². The van der Waals surface area contributed by atoms with Gasteiger partial charge < -0.3 is 8.94 Å². The first-order valence-corrected chi connectivity index (χ1v) is 9.11. The molecule has 6 nitrogen and oxygen atoms in total. The van der Waals surface area contributed by atoms with Gasteiger partial charge in [0, 0.05) is 10.9 Å². The number of hydrogen-bond donors (Lipinski definition) is 0. The first kappa shape index (κ1) is 15.5. The second kappa shape index (κ2) is 6.49. The highest BCUT2D eigenvalue weighted by molar-refractivity contribution is 7.11. The smallest absolute Gasteiger partial charge is 0.241 e. The number of rotatable bonds is 5. The number of furan rings is 1. The van der Waals surface area contributed by atoms with Gasteiger partial charge >= 0.3 is 0 Å². The van der Waals surface area contributed by atoms with E-state index in [2.05, 4.69) is 29.0 Å². The molecule has 1 atom stereocenters. The van der Waals surface area contributed by atoms with Crippen LogP contribution in [0.4, 0.5) is 0 Å². The van der Waals surface area contributed by atoms with Crippen LogP contribution in [0, 0.1) is 0 Å².